The van der Waals surface area contributed by atoms with E-state index >= 15 is 0 Å². The van der Waals surface area contributed by atoms with Crippen molar-refractivity contribution in [1.29, 1.82) is 0 Å². The molecule has 0 aromatic heterocycles. The van der Waals surface area contributed by atoms with Crippen molar-refractivity contribution in [3.05, 3.63) is 47.0 Å². The maximum Gasteiger partial charge on any atom is 0.337 e. The van der Waals surface area contributed by atoms with Crippen molar-refractivity contribution >= 4 is 23.9 Å². The van der Waals surface area contributed by atoms with Gasteiger partial charge in [-0.1, -0.05) is 26.0 Å². The number of rotatable bonds is 17. The second kappa shape index (κ2) is 24.0. The highest BCUT2D eigenvalue weighted by Crippen LogP contribution is 2.43. The lowest BCUT2D eigenvalue weighted by Crippen LogP contribution is -2.60. The van der Waals surface area contributed by atoms with Gasteiger partial charge in [-0.15, -0.1) is 0 Å². The van der Waals surface area contributed by atoms with Crippen LogP contribution in [-0.2, 0) is 66.5 Å². The maximum atomic E-state index is 13.6. The third-order valence-electron chi connectivity index (χ3n) is 13.2. The van der Waals surface area contributed by atoms with Crippen LogP contribution in [0.25, 0.3) is 0 Å². The van der Waals surface area contributed by atoms with Gasteiger partial charge in [-0.05, 0) is 38.0 Å². The first-order valence-electron chi connectivity index (χ1n) is 22.0. The first-order chi connectivity index (χ1) is 31.8. The molecule has 23 nitrogen and oxygen atoms in total. The van der Waals surface area contributed by atoms with E-state index in [2.05, 4.69) is 0 Å². The summed E-state index contributed by atoms with van der Waals surface area (Å²) in [6, 6.07) is 0. The van der Waals surface area contributed by atoms with Crippen LogP contribution in [0.4, 0.5) is 0 Å². The van der Waals surface area contributed by atoms with Crippen molar-refractivity contribution in [1.82, 2.24) is 0 Å². The third kappa shape index (κ3) is 12.0. The van der Waals surface area contributed by atoms with Crippen molar-refractivity contribution in [2.24, 2.45) is 35.5 Å². The van der Waals surface area contributed by atoms with Crippen LogP contribution in [0, 0.1) is 35.5 Å². The smallest absolute Gasteiger partial charge is 0.337 e. The van der Waals surface area contributed by atoms with Gasteiger partial charge in [0.05, 0.1) is 83.3 Å². The Balaban J connectivity index is 1.22. The Bertz CT molecular complexity index is 1840. The second-order valence-corrected chi connectivity index (χ2v) is 17.2. The molecule has 0 spiro atoms. The number of methoxy groups -OCH3 is 2. The molecule has 0 bridgehead atoms. The molecule has 0 aromatic rings. The van der Waals surface area contributed by atoms with Gasteiger partial charge in [0.1, 0.15) is 48.8 Å². The molecule has 0 unspecified atom stereocenters. The van der Waals surface area contributed by atoms with Gasteiger partial charge >= 0.3 is 23.9 Å². The zero-order valence-corrected chi connectivity index (χ0v) is 38.0. The Kier molecular flexibility index (Phi) is 19.3. The van der Waals surface area contributed by atoms with Crippen molar-refractivity contribution in [3.8, 4) is 0 Å². The van der Waals surface area contributed by atoms with E-state index in [0.717, 1.165) is 26.7 Å². The number of hydrogen-bond donors (Lipinski definition) is 9. The first kappa shape index (κ1) is 53.9. The number of esters is 4. The molecule has 23 heteroatoms. The minimum Gasteiger partial charge on any atom is -0.468 e. The minimum absolute atomic E-state index is 0.0581. The summed E-state index contributed by atoms with van der Waals surface area (Å²) < 4.78 is 55.2. The SMILES string of the molecule is C/C=C1/[C@H](O[C@@H]2O[C@H](CO)[C@@H](O)[C@H](O)[C@H]2O)OC=C(C(=O)OC)[C@H]1CC(=O)OC[C@H]1[C@@H](C)[C@@H](O)C[C@H]1[C@@H](C)COC(=O)C[C@@H]1C(C(=O)OC)=CO[C@@H](O[C@@H]2O[C@H](CO)[C@@H](O)[C@H](O)[C@H]2O)/C1=C/C. The molecule has 67 heavy (non-hydrogen) atoms. The van der Waals surface area contributed by atoms with Crippen LogP contribution in [-0.4, -0.2) is 191 Å². The van der Waals surface area contributed by atoms with Gasteiger partial charge < -0.3 is 93.3 Å². The molecule has 4 heterocycles. The monoisotopic (exact) mass is 960 g/mol. The largest absolute Gasteiger partial charge is 0.468 e. The van der Waals surface area contributed by atoms with Crippen LogP contribution in [0.1, 0.15) is 47.0 Å². The van der Waals surface area contributed by atoms with Crippen molar-refractivity contribution in [2.45, 2.75) is 127 Å². The Morgan fingerprint density at radius 3 is 1.52 bits per heavy atom. The summed E-state index contributed by atoms with van der Waals surface area (Å²) in [5.41, 5.74) is 0.334. The predicted molar refractivity (Wildman–Crippen MR) is 221 cm³/mol. The van der Waals surface area contributed by atoms with Crippen LogP contribution in [0.3, 0.4) is 0 Å². The van der Waals surface area contributed by atoms with Gasteiger partial charge in [0.25, 0.3) is 0 Å². The quantitative estimate of drug-likeness (QED) is 0.0421. The minimum atomic E-state index is -1.77. The summed E-state index contributed by atoms with van der Waals surface area (Å²) in [7, 11) is 2.28. The summed E-state index contributed by atoms with van der Waals surface area (Å²) >= 11 is 0. The topological polar surface area (TPSA) is 343 Å². The van der Waals surface area contributed by atoms with E-state index in [-0.39, 0.29) is 59.7 Å². The standard InChI is InChI=1S/C44H64O23/c1-7-20-23(26(39(56)58-5)16-62-41(20)66-43-37(54)35(52)33(50)29(12-45)64-43)10-31(48)60-14-18(3)22-9-28(47)19(4)25(22)15-61-32(49)11-24-21(8-2)42(63-17-27(24)40(57)59-6)67-44-38(55)36(53)34(51)30(13-46)65-44/h7-8,16-19,22-25,28-30,33-38,41-47,50-55H,9-15H2,1-6H3/b20-7+,21-8+/t18-,19+,22-,23-,24-,25-,28-,29+,30+,33+,34+,35-,36-,37+,38+,41-,42-,43-,44-/m0/s1. The number of carbonyl (C=O) groups excluding carboxylic acids is 4. The molecule has 0 amide bonds. The van der Waals surface area contributed by atoms with E-state index in [1.807, 2.05) is 0 Å². The van der Waals surface area contributed by atoms with Crippen molar-refractivity contribution in [2.75, 3.05) is 40.6 Å². The molecule has 0 aromatic carbocycles. The fourth-order valence-corrected chi connectivity index (χ4v) is 9.11. The summed E-state index contributed by atoms with van der Waals surface area (Å²) in [6.45, 7) is 5.05. The summed E-state index contributed by atoms with van der Waals surface area (Å²) in [5, 5.41) is 92.2. The molecule has 1 saturated carbocycles. The average molecular weight is 961 g/mol. The highest BCUT2D eigenvalue weighted by atomic mass is 16.8. The molecule has 0 radical (unpaired) electrons. The molecule has 1 aliphatic carbocycles. The van der Waals surface area contributed by atoms with E-state index < -0.39 is 148 Å². The number of hydrogen-bond acceptors (Lipinski definition) is 23. The van der Waals surface area contributed by atoms with Gasteiger partial charge in [0.15, 0.2) is 12.6 Å². The van der Waals surface area contributed by atoms with E-state index in [9.17, 15) is 65.1 Å². The molecular weight excluding hydrogens is 896 g/mol. The van der Waals surface area contributed by atoms with E-state index in [1.165, 1.54) is 12.2 Å². The predicted octanol–water partition coefficient (Wildman–Crippen LogP) is -2.29. The number of aliphatic hydroxyl groups excluding tert-OH is 9. The fraction of sp³-hybridized carbons (Fsp3) is 0.727. The zero-order chi connectivity index (χ0) is 49.4. The molecule has 378 valence electrons. The molecule has 9 N–H and O–H groups in total. The second-order valence-electron chi connectivity index (χ2n) is 17.2. The van der Waals surface area contributed by atoms with E-state index in [0.29, 0.717) is 0 Å². The van der Waals surface area contributed by atoms with Crippen LogP contribution in [0.2, 0.25) is 0 Å². The number of carbonyl (C=O) groups is 4. The Morgan fingerprint density at radius 2 is 1.12 bits per heavy atom. The highest BCUT2D eigenvalue weighted by molar-refractivity contribution is 5.91. The lowest BCUT2D eigenvalue weighted by Gasteiger charge is -2.42. The summed E-state index contributed by atoms with van der Waals surface area (Å²) in [4.78, 5) is 52.9. The Labute approximate surface area is 386 Å². The summed E-state index contributed by atoms with van der Waals surface area (Å²) in [5.74, 6) is -6.67. The zero-order valence-electron chi connectivity index (χ0n) is 38.0. The number of ether oxygens (including phenoxy) is 10. The van der Waals surface area contributed by atoms with Crippen molar-refractivity contribution < 1.29 is 113 Å². The molecular formula is C44H64O23. The van der Waals surface area contributed by atoms with Crippen LogP contribution in [0.15, 0.2) is 47.0 Å². The van der Waals surface area contributed by atoms with Crippen LogP contribution in [0.5, 0.6) is 0 Å². The Morgan fingerprint density at radius 1 is 0.687 bits per heavy atom. The first-order valence-corrected chi connectivity index (χ1v) is 22.0. The fourth-order valence-electron chi connectivity index (χ4n) is 9.11. The Hall–Kier alpha value is -4.08. The van der Waals surface area contributed by atoms with Gasteiger partial charge in [-0.2, -0.15) is 0 Å². The molecule has 4 aliphatic heterocycles. The van der Waals surface area contributed by atoms with Crippen molar-refractivity contribution in [3.63, 3.8) is 0 Å². The maximum absolute atomic E-state index is 13.6. The van der Waals surface area contributed by atoms with Gasteiger partial charge in [-0.3, -0.25) is 9.59 Å². The molecule has 5 aliphatic rings. The molecule has 19 atom stereocenters. The normalized spacial score (nSPS) is 39.3. The van der Waals surface area contributed by atoms with E-state index in [4.69, 9.17) is 47.4 Å². The van der Waals surface area contributed by atoms with Crippen LogP contribution < -0.4 is 0 Å². The van der Waals surface area contributed by atoms with Crippen LogP contribution >= 0.6 is 0 Å². The number of allylic oxidation sites excluding steroid dienone is 2. The third-order valence-corrected chi connectivity index (χ3v) is 13.2. The lowest BCUT2D eigenvalue weighted by molar-refractivity contribution is -0.327. The van der Waals surface area contributed by atoms with Gasteiger partial charge in [-0.25, -0.2) is 9.59 Å². The molecule has 5 rings (SSSR count). The molecule has 2 saturated heterocycles. The van der Waals surface area contributed by atoms with E-state index in [1.54, 1.807) is 27.7 Å². The highest BCUT2D eigenvalue weighted by Gasteiger charge is 2.49. The average Bonchev–Trinajstić information content (AvgIpc) is 3.61. The van der Waals surface area contributed by atoms with Gasteiger partial charge in [0, 0.05) is 28.9 Å². The van der Waals surface area contributed by atoms with Gasteiger partial charge in [0.2, 0.25) is 12.6 Å². The molecule has 3 fully saturated rings. The summed E-state index contributed by atoms with van der Waals surface area (Å²) in [6.07, 6.45) is -15.1. The lowest BCUT2D eigenvalue weighted by atomic mass is 9.83. The number of aliphatic hydroxyl groups is 9.